The van der Waals surface area contributed by atoms with E-state index in [1.54, 1.807) is 0 Å². The smallest absolute Gasteiger partial charge is 0.215 e. The van der Waals surface area contributed by atoms with Gasteiger partial charge in [0.1, 0.15) is 6.10 Å². The normalized spacial score (nSPS) is 33.5. The van der Waals surface area contributed by atoms with Gasteiger partial charge in [0, 0.05) is 5.57 Å². The zero-order chi connectivity index (χ0) is 10.8. The number of hydrogen-bond donors (Lipinski definition) is 0. The van der Waals surface area contributed by atoms with E-state index >= 15 is 0 Å². The fourth-order valence-electron chi connectivity index (χ4n) is 2.17. The van der Waals surface area contributed by atoms with Crippen LogP contribution in [0, 0.1) is 0 Å². The fraction of sp³-hybridized carbons (Fsp3) is 0.231. The van der Waals surface area contributed by atoms with Crippen molar-refractivity contribution in [2.75, 3.05) is 0 Å². The van der Waals surface area contributed by atoms with E-state index in [-0.39, 0.29) is 15.1 Å². The van der Waals surface area contributed by atoms with E-state index in [4.69, 9.17) is 9.05 Å². The third kappa shape index (κ3) is 1.79. The van der Waals surface area contributed by atoms with E-state index in [1.807, 2.05) is 12.3 Å². The van der Waals surface area contributed by atoms with Gasteiger partial charge in [0.2, 0.25) is 9.03 Å². The molecule has 16 heavy (non-hydrogen) atoms. The first kappa shape index (κ1) is 10.1. The van der Waals surface area contributed by atoms with Crippen molar-refractivity contribution < 1.29 is 9.05 Å². The van der Waals surface area contributed by atoms with Crippen LogP contribution in [0.25, 0.3) is 0 Å². The average Bonchev–Trinajstić information content (AvgIpc) is 2.33. The summed E-state index contributed by atoms with van der Waals surface area (Å²) in [6, 6.07) is 0. The maximum Gasteiger partial charge on any atom is 0.215 e. The summed E-state index contributed by atoms with van der Waals surface area (Å²) >= 11 is 0. The summed E-state index contributed by atoms with van der Waals surface area (Å²) in [6.07, 6.45) is 16.7. The number of allylic oxidation sites excluding steroid dienone is 6. The van der Waals surface area contributed by atoms with Crippen LogP contribution in [0.4, 0.5) is 0 Å². The Kier molecular flexibility index (Phi) is 2.77. The Bertz CT molecular complexity index is 441. The molecule has 2 unspecified atom stereocenters. The van der Waals surface area contributed by atoms with Crippen LogP contribution in [-0.2, 0) is 9.05 Å². The lowest BCUT2D eigenvalue weighted by Gasteiger charge is -2.25. The van der Waals surface area contributed by atoms with E-state index in [0.29, 0.717) is 0 Å². The molecule has 82 valence electrons. The highest BCUT2D eigenvalue weighted by Gasteiger charge is 2.21. The molecule has 0 saturated carbocycles. The van der Waals surface area contributed by atoms with Crippen molar-refractivity contribution in [3.05, 3.63) is 59.4 Å². The third-order valence-electron chi connectivity index (χ3n) is 2.94. The third-order valence-corrected chi connectivity index (χ3v) is 3.51. The minimum atomic E-state index is 0.0635. The molecule has 0 bridgehead atoms. The molecular weight excluding hydrogens is 219 g/mol. The highest BCUT2D eigenvalue weighted by Crippen LogP contribution is 2.36. The monoisotopic (exact) mass is 232 g/mol. The molecule has 1 aliphatic heterocycles. The Hall–Kier alpha value is -1.11. The van der Waals surface area contributed by atoms with Gasteiger partial charge in [-0.15, -0.1) is 0 Å². The standard InChI is InChI=1S/C13H13O2P/c1-2-6-11-10(5-1)9-14-16-15-13-8-4-3-7-12(11)13/h1,3-5,7-9,13,16H,2,6H2/b10-9?,12-11-. The predicted molar refractivity (Wildman–Crippen MR) is 66.0 cm³/mol. The largest absolute Gasteiger partial charge is 0.457 e. The first-order valence-electron chi connectivity index (χ1n) is 5.46. The van der Waals surface area contributed by atoms with Crippen molar-refractivity contribution in [1.82, 2.24) is 0 Å². The summed E-state index contributed by atoms with van der Waals surface area (Å²) < 4.78 is 11.1. The molecule has 3 heteroatoms. The van der Waals surface area contributed by atoms with Crippen LogP contribution in [-0.4, -0.2) is 6.10 Å². The van der Waals surface area contributed by atoms with Gasteiger partial charge in [-0.05, 0) is 24.0 Å². The molecule has 0 saturated heterocycles. The second kappa shape index (κ2) is 4.40. The minimum Gasteiger partial charge on any atom is -0.457 e. The maximum atomic E-state index is 5.68. The van der Waals surface area contributed by atoms with Crippen LogP contribution in [0.3, 0.4) is 0 Å². The number of rotatable bonds is 0. The Labute approximate surface area is 97.0 Å². The first-order valence-corrected chi connectivity index (χ1v) is 6.28. The predicted octanol–water partition coefficient (Wildman–Crippen LogP) is 3.57. The molecule has 0 amide bonds. The van der Waals surface area contributed by atoms with E-state index in [9.17, 15) is 0 Å². The number of fused-ring (bicyclic) bond motifs is 2. The van der Waals surface area contributed by atoms with Gasteiger partial charge in [0.15, 0.2) is 0 Å². The van der Waals surface area contributed by atoms with Crippen LogP contribution in [0.2, 0.25) is 0 Å². The Morgan fingerprint density at radius 1 is 1.25 bits per heavy atom. The summed E-state index contributed by atoms with van der Waals surface area (Å²) in [6.45, 7) is 0. The van der Waals surface area contributed by atoms with Crippen LogP contribution in [0.5, 0.6) is 0 Å². The van der Waals surface area contributed by atoms with Crippen LogP contribution < -0.4 is 0 Å². The summed E-state index contributed by atoms with van der Waals surface area (Å²) in [5.74, 6) is 0. The van der Waals surface area contributed by atoms with Gasteiger partial charge < -0.3 is 9.05 Å². The maximum absolute atomic E-state index is 5.68. The Morgan fingerprint density at radius 3 is 3.25 bits per heavy atom. The lowest BCUT2D eigenvalue weighted by molar-refractivity contribution is 0.285. The summed E-state index contributed by atoms with van der Waals surface area (Å²) in [7, 11) is 0.0749. The highest BCUT2D eigenvalue weighted by atomic mass is 31.1. The second-order valence-electron chi connectivity index (χ2n) is 3.93. The van der Waals surface area contributed by atoms with Gasteiger partial charge >= 0.3 is 0 Å². The van der Waals surface area contributed by atoms with Gasteiger partial charge in [0.25, 0.3) is 0 Å². The molecule has 0 aromatic carbocycles. The van der Waals surface area contributed by atoms with Crippen molar-refractivity contribution in [2.24, 2.45) is 0 Å². The molecule has 3 aliphatic rings. The SMILES string of the molecule is C1=C/C2=C3\CCC=CC3=COPOC2C=C1. The number of hydrogen-bond acceptors (Lipinski definition) is 2. The highest BCUT2D eigenvalue weighted by molar-refractivity contribution is 7.26. The molecular formula is C13H13O2P. The lowest BCUT2D eigenvalue weighted by atomic mass is 9.88. The van der Waals surface area contributed by atoms with Crippen molar-refractivity contribution >= 4 is 9.03 Å². The summed E-state index contributed by atoms with van der Waals surface area (Å²) in [5.41, 5.74) is 3.84. The van der Waals surface area contributed by atoms with Crippen molar-refractivity contribution in [3.63, 3.8) is 0 Å². The van der Waals surface area contributed by atoms with Gasteiger partial charge in [-0.1, -0.05) is 36.5 Å². The molecule has 0 spiro atoms. The minimum absolute atomic E-state index is 0.0635. The molecule has 2 atom stereocenters. The average molecular weight is 232 g/mol. The van der Waals surface area contributed by atoms with Crippen LogP contribution in [0.15, 0.2) is 59.4 Å². The topological polar surface area (TPSA) is 18.5 Å². The summed E-state index contributed by atoms with van der Waals surface area (Å²) in [4.78, 5) is 0. The van der Waals surface area contributed by atoms with Gasteiger partial charge in [0.05, 0.1) is 6.26 Å². The lowest BCUT2D eigenvalue weighted by Crippen LogP contribution is -2.15. The molecule has 3 rings (SSSR count). The molecule has 2 aliphatic carbocycles. The molecule has 0 N–H and O–H groups in total. The van der Waals surface area contributed by atoms with E-state index < -0.39 is 0 Å². The van der Waals surface area contributed by atoms with Crippen molar-refractivity contribution in [3.8, 4) is 0 Å². The molecule has 2 nitrogen and oxygen atoms in total. The van der Waals surface area contributed by atoms with E-state index in [2.05, 4.69) is 30.4 Å². The van der Waals surface area contributed by atoms with Crippen LogP contribution in [0.1, 0.15) is 12.8 Å². The molecule has 0 aromatic rings. The molecule has 0 radical (unpaired) electrons. The fourth-order valence-corrected chi connectivity index (χ4v) is 2.71. The van der Waals surface area contributed by atoms with E-state index in [0.717, 1.165) is 12.8 Å². The Morgan fingerprint density at radius 2 is 2.25 bits per heavy atom. The van der Waals surface area contributed by atoms with Gasteiger partial charge in [-0.3, -0.25) is 0 Å². The second-order valence-corrected chi connectivity index (χ2v) is 4.57. The first-order chi connectivity index (χ1) is 7.95. The van der Waals surface area contributed by atoms with Gasteiger partial charge in [-0.2, -0.15) is 0 Å². The summed E-state index contributed by atoms with van der Waals surface area (Å²) in [5, 5.41) is 0. The quantitative estimate of drug-likeness (QED) is 0.594. The van der Waals surface area contributed by atoms with Crippen LogP contribution >= 0.6 is 9.03 Å². The Balaban J connectivity index is 2.10. The molecule has 0 fully saturated rings. The van der Waals surface area contributed by atoms with Crippen molar-refractivity contribution in [2.45, 2.75) is 18.9 Å². The van der Waals surface area contributed by atoms with Crippen molar-refractivity contribution in [1.29, 1.82) is 0 Å². The zero-order valence-electron chi connectivity index (χ0n) is 8.85. The zero-order valence-corrected chi connectivity index (χ0v) is 9.85. The van der Waals surface area contributed by atoms with Gasteiger partial charge in [-0.25, -0.2) is 0 Å². The van der Waals surface area contributed by atoms with E-state index in [1.165, 1.54) is 16.7 Å². The molecule has 1 heterocycles. The molecule has 0 aromatic heterocycles.